The van der Waals surface area contributed by atoms with E-state index in [1.54, 1.807) is 16.7 Å². The van der Waals surface area contributed by atoms with Gasteiger partial charge in [0.25, 0.3) is 0 Å². The van der Waals surface area contributed by atoms with E-state index in [1.165, 1.54) is 193 Å². The lowest BCUT2D eigenvalue weighted by Crippen LogP contribution is -2.43. The summed E-state index contributed by atoms with van der Waals surface area (Å²) < 4.78 is 0.875. The minimum atomic E-state index is 0. The molecule has 0 aliphatic heterocycles. The van der Waals surface area contributed by atoms with Crippen LogP contribution in [0.1, 0.15) is 186 Å². The van der Waals surface area contributed by atoms with E-state index >= 15 is 0 Å². The fourth-order valence-corrected chi connectivity index (χ4v) is 13.3. The number of nitrogens with two attached hydrogens (primary N) is 3. The van der Waals surface area contributed by atoms with E-state index in [0.717, 1.165) is 29.9 Å². The van der Waals surface area contributed by atoms with Crippen LogP contribution in [0.3, 0.4) is 0 Å². The zero-order valence-electron chi connectivity index (χ0n) is 53.5. The first-order chi connectivity index (χ1) is 41.7. The number of halogens is 2. The molecule has 0 unspecified atom stereocenters. The van der Waals surface area contributed by atoms with Crippen LogP contribution in [0, 0.1) is 0 Å². The molecule has 0 amide bonds. The van der Waals surface area contributed by atoms with Crippen molar-refractivity contribution in [3.05, 3.63) is 198 Å². The van der Waals surface area contributed by atoms with Gasteiger partial charge in [-0.1, -0.05) is 285 Å². The third kappa shape index (κ3) is 19.9. The van der Waals surface area contributed by atoms with Gasteiger partial charge in [0.2, 0.25) is 0 Å². The van der Waals surface area contributed by atoms with Crippen molar-refractivity contribution in [1.82, 2.24) is 9.80 Å². The highest BCUT2D eigenvalue weighted by molar-refractivity contribution is 9.24. The predicted molar refractivity (Wildman–Crippen MR) is 388 cm³/mol. The number of nitrogens with zero attached hydrogens (tertiary/aromatic N) is 4. The molecule has 0 saturated heterocycles. The molecule has 7 aromatic rings. The van der Waals surface area contributed by atoms with Crippen LogP contribution in [0.2, 0.25) is 0 Å². The Morgan fingerprint density at radius 3 is 1.00 bits per heavy atom. The predicted octanol–water partition coefficient (Wildman–Crippen LogP) is 21.6. The molecule has 0 radical (unpaired) electrons. The van der Waals surface area contributed by atoms with Crippen LogP contribution in [0.5, 0.6) is 0 Å². The Labute approximate surface area is 540 Å². The molecule has 7 nitrogen and oxygen atoms in total. The molecular formula is C77H111Br2N7. The van der Waals surface area contributed by atoms with Crippen molar-refractivity contribution in [2.24, 2.45) is 11.5 Å². The molecule has 2 aliphatic rings. The Morgan fingerprint density at radius 2 is 0.640 bits per heavy atom. The molecular weight excluding hydrogens is 1180 g/mol. The Hall–Kier alpha value is -5.26. The molecule has 86 heavy (non-hydrogen) atoms. The summed E-state index contributed by atoms with van der Waals surface area (Å²) in [7, 11) is 7.47. The van der Waals surface area contributed by atoms with Gasteiger partial charge in [-0.15, -0.1) is 0 Å². The van der Waals surface area contributed by atoms with Crippen molar-refractivity contribution in [2.45, 2.75) is 174 Å². The van der Waals surface area contributed by atoms with Crippen molar-refractivity contribution >= 4 is 60.3 Å². The Kier molecular flexibility index (Phi) is 34.3. The normalized spacial score (nSPS) is 12.5. The molecule has 7 aromatic carbocycles. The highest BCUT2D eigenvalue weighted by Gasteiger charge is 2.44. The van der Waals surface area contributed by atoms with Crippen LogP contribution in [-0.4, -0.2) is 62.2 Å². The summed E-state index contributed by atoms with van der Waals surface area (Å²) in [5.74, 6) is 0. The maximum absolute atomic E-state index is 6.24. The van der Waals surface area contributed by atoms with Gasteiger partial charge in [-0.25, -0.2) is 0 Å². The van der Waals surface area contributed by atoms with Gasteiger partial charge >= 0.3 is 0 Å². The Morgan fingerprint density at radius 1 is 0.337 bits per heavy atom. The monoisotopic (exact) mass is 1290 g/mol. The topological polar surface area (TPSA) is 91.0 Å². The summed E-state index contributed by atoms with van der Waals surface area (Å²) in [5, 5.41) is 0. The molecule has 0 fully saturated rings. The number of hydrogen-bond donors (Lipinski definition) is 3. The van der Waals surface area contributed by atoms with Crippen molar-refractivity contribution < 1.29 is 0 Å². The fraction of sp³-hybridized carbons (Fsp3) is 0.455. The maximum atomic E-state index is 6.24. The number of unbranched alkanes of at least 4 members (excludes halogenated alkanes) is 12. The van der Waals surface area contributed by atoms with E-state index in [9.17, 15) is 0 Å². The average molecular weight is 1290 g/mol. The van der Waals surface area contributed by atoms with Crippen molar-refractivity contribution in [3.8, 4) is 22.3 Å². The molecule has 0 saturated carbocycles. The van der Waals surface area contributed by atoms with Gasteiger partial charge in [0.1, 0.15) is 0 Å². The zero-order valence-corrected chi connectivity index (χ0v) is 56.7. The molecule has 9 rings (SSSR count). The van der Waals surface area contributed by atoms with Gasteiger partial charge in [-0.2, -0.15) is 0 Å². The van der Waals surface area contributed by atoms with Crippen LogP contribution in [0.25, 0.3) is 22.3 Å². The van der Waals surface area contributed by atoms with Gasteiger partial charge in [0.05, 0.1) is 24.2 Å². The SMILES string of the molecule is BrCBr.C.CCCCCCC1(CCCCCC)c2ccccc2-c2ccc(N(CN(C)CN(C)CN(c3ccccc3)c3ccccc3)c3ccccc3)cc21.CCCCCCC1(CCCCCC)c2ccccc2-c2ccc(N)cc21.CN.CN. The zero-order chi connectivity index (χ0) is 61.3. The van der Waals surface area contributed by atoms with Crippen LogP contribution >= 0.6 is 31.9 Å². The summed E-state index contributed by atoms with van der Waals surface area (Å²) in [6, 6.07) is 64.8. The highest BCUT2D eigenvalue weighted by atomic mass is 79.9. The molecule has 0 spiro atoms. The fourth-order valence-electron chi connectivity index (χ4n) is 13.3. The van der Waals surface area contributed by atoms with Gasteiger partial charge in [0, 0.05) is 39.3 Å². The molecule has 0 aromatic heterocycles. The van der Waals surface area contributed by atoms with E-state index in [2.05, 4.69) is 281 Å². The lowest BCUT2D eigenvalue weighted by molar-refractivity contribution is 0.189. The average Bonchev–Trinajstić information content (AvgIpc) is 1.68. The Bertz CT molecular complexity index is 2830. The number of fused-ring (bicyclic) bond motifs is 6. The number of alkyl halides is 2. The van der Waals surface area contributed by atoms with E-state index in [4.69, 9.17) is 5.73 Å². The van der Waals surface area contributed by atoms with Gasteiger partial charge < -0.3 is 27.0 Å². The third-order valence-corrected chi connectivity index (χ3v) is 17.1. The largest absolute Gasteiger partial charge is 0.399 e. The first-order valence-electron chi connectivity index (χ1n) is 32.3. The van der Waals surface area contributed by atoms with Crippen molar-refractivity contribution in [1.29, 1.82) is 0 Å². The summed E-state index contributed by atoms with van der Waals surface area (Å²) in [6.07, 6.45) is 25.9. The third-order valence-electron chi connectivity index (χ3n) is 17.1. The van der Waals surface area contributed by atoms with Crippen molar-refractivity contribution in [3.63, 3.8) is 0 Å². The minimum Gasteiger partial charge on any atom is -0.399 e. The van der Waals surface area contributed by atoms with Gasteiger partial charge in [-0.05, 0) is 159 Å². The first kappa shape index (κ1) is 73.2. The van der Waals surface area contributed by atoms with Crippen LogP contribution in [0.4, 0.5) is 28.4 Å². The van der Waals surface area contributed by atoms with E-state index < -0.39 is 0 Å². The molecule has 0 heterocycles. The Balaban J connectivity index is 0.000000390. The van der Waals surface area contributed by atoms with Gasteiger partial charge in [0.15, 0.2) is 0 Å². The maximum Gasteiger partial charge on any atom is 0.0764 e. The summed E-state index contributed by atoms with van der Waals surface area (Å²) in [4.78, 5) is 9.75. The second kappa shape index (κ2) is 40.3. The smallest absolute Gasteiger partial charge is 0.0764 e. The number of benzene rings is 7. The number of para-hydroxylation sites is 3. The number of nitrogen functional groups attached to an aromatic ring is 1. The molecule has 468 valence electrons. The highest BCUT2D eigenvalue weighted by Crippen LogP contribution is 2.56. The standard InChI is InChI=1S/C48H60N4.C25H35N.CH2Br2.2CH5N.CH4/c1-5-7-9-22-34-48(35-23-10-8-6-2)46-31-21-20-30-44(46)45-33-32-43(36-47(45)48)52(42-28-18-13-19-29-42)39-50(4)37-49(3)38-51(40-24-14-11-15-25-40)41-26-16-12-17-27-41;1-3-5-7-11-17-25(18-12-8-6-4-2)23-14-10-9-13-21(23)22-16-15-20(26)19-24(22)25;2-1-3;2*1-2;/h11-21,24-33,36H,5-10,22-23,34-35,37-39H2,1-4H3;9-10,13-16,19H,3-8,11-12,17-18,26H2,1-2H3;1H2;2*2H2,1H3;1H4. The second-order valence-electron chi connectivity index (χ2n) is 23.1. The van der Waals surface area contributed by atoms with E-state index in [-0.39, 0.29) is 18.3 Å². The van der Waals surface area contributed by atoms with Crippen LogP contribution in [0.15, 0.2) is 176 Å². The minimum absolute atomic E-state index is 0. The lowest BCUT2D eigenvalue weighted by atomic mass is 9.70. The molecule has 6 N–H and O–H groups in total. The summed E-state index contributed by atoms with van der Waals surface area (Å²) in [5.41, 5.74) is 33.1. The second-order valence-corrected chi connectivity index (χ2v) is 25.8. The lowest BCUT2D eigenvalue weighted by Gasteiger charge is -2.36. The first-order valence-corrected chi connectivity index (χ1v) is 34.5. The van der Waals surface area contributed by atoms with Crippen LogP contribution < -0.4 is 27.0 Å². The number of hydrogen-bond acceptors (Lipinski definition) is 7. The molecule has 0 bridgehead atoms. The number of anilines is 5. The van der Waals surface area contributed by atoms with Crippen LogP contribution in [-0.2, 0) is 10.8 Å². The van der Waals surface area contributed by atoms with E-state index in [1.807, 2.05) is 0 Å². The molecule has 0 atom stereocenters. The number of rotatable bonds is 30. The quantitative estimate of drug-likeness (QED) is 0.0179. The summed E-state index contributed by atoms with van der Waals surface area (Å²) >= 11 is 6.12. The molecule has 9 heteroatoms. The molecule has 2 aliphatic carbocycles. The summed E-state index contributed by atoms with van der Waals surface area (Å²) in [6.45, 7) is 11.6. The van der Waals surface area contributed by atoms with Crippen molar-refractivity contribution in [2.75, 3.05) is 68.0 Å². The van der Waals surface area contributed by atoms with E-state index in [0.29, 0.717) is 0 Å². The van der Waals surface area contributed by atoms with Gasteiger partial charge in [-0.3, -0.25) is 9.80 Å².